The summed E-state index contributed by atoms with van der Waals surface area (Å²) in [5, 5.41) is 3.05. The Labute approximate surface area is 261 Å². The molecule has 4 aromatic rings. The van der Waals surface area contributed by atoms with Crippen molar-refractivity contribution in [2.24, 2.45) is 0 Å². The van der Waals surface area contributed by atoms with E-state index in [4.69, 9.17) is 0 Å². The van der Waals surface area contributed by atoms with E-state index in [9.17, 15) is 18.0 Å². The van der Waals surface area contributed by atoms with Crippen LogP contribution in [0, 0.1) is 0 Å². The van der Waals surface area contributed by atoms with E-state index < -0.39 is 34.1 Å². The monoisotopic (exact) mass is 611 g/mol. The summed E-state index contributed by atoms with van der Waals surface area (Å²) >= 11 is 0. The van der Waals surface area contributed by atoms with Gasteiger partial charge in [-0.2, -0.15) is 0 Å². The average Bonchev–Trinajstić information content (AvgIpc) is 3.02. The van der Waals surface area contributed by atoms with E-state index in [0.717, 1.165) is 27.4 Å². The number of sulfonamides is 1. The number of hydrogen-bond acceptors (Lipinski definition) is 4. The third-order valence-corrected chi connectivity index (χ3v) is 9.00. The highest BCUT2D eigenvalue weighted by atomic mass is 32.2. The first-order valence-electron chi connectivity index (χ1n) is 14.8. The van der Waals surface area contributed by atoms with Crippen LogP contribution in [0.4, 0.5) is 5.69 Å². The number of amides is 2. The maximum absolute atomic E-state index is 14.5. The molecule has 0 saturated carbocycles. The minimum absolute atomic E-state index is 0.0771. The second-order valence-electron chi connectivity index (χ2n) is 11.8. The summed E-state index contributed by atoms with van der Waals surface area (Å²) in [6, 6.07) is 33.3. The van der Waals surface area contributed by atoms with E-state index in [0.29, 0.717) is 5.69 Å². The standard InChI is InChI=1S/C36H41N3O4S/c1-5-28-21-23-31(24-22-28)39(44(42,43)32-19-13-8-14-20-32)27-34(40)38(26-30-17-11-7-12-18-30)33(35(41)37-36(2,3)4)25-29-15-9-6-10-16-29/h6-24,33H,5,25-27H2,1-4H3,(H,37,41). The molecule has 0 spiro atoms. The first-order valence-corrected chi connectivity index (χ1v) is 16.3. The fraction of sp³-hybridized carbons (Fsp3) is 0.278. The number of benzene rings is 4. The van der Waals surface area contributed by atoms with Gasteiger partial charge in [0.15, 0.2) is 0 Å². The zero-order valence-electron chi connectivity index (χ0n) is 25.8. The van der Waals surface area contributed by atoms with Gasteiger partial charge in [-0.25, -0.2) is 8.42 Å². The summed E-state index contributed by atoms with van der Waals surface area (Å²) in [4.78, 5) is 30.0. The van der Waals surface area contributed by atoms with Gasteiger partial charge >= 0.3 is 0 Å². The fourth-order valence-corrected chi connectivity index (χ4v) is 6.37. The second-order valence-corrected chi connectivity index (χ2v) is 13.7. The summed E-state index contributed by atoms with van der Waals surface area (Å²) in [6.07, 6.45) is 1.05. The molecule has 8 heteroatoms. The lowest BCUT2D eigenvalue weighted by molar-refractivity contribution is -0.140. The molecule has 1 unspecified atom stereocenters. The second kappa shape index (κ2) is 14.4. The van der Waals surface area contributed by atoms with Gasteiger partial charge < -0.3 is 10.2 Å². The normalized spacial score (nSPS) is 12.3. The Morgan fingerprint density at radius 1 is 0.727 bits per heavy atom. The predicted octanol–water partition coefficient (Wildman–Crippen LogP) is 6.00. The zero-order valence-corrected chi connectivity index (χ0v) is 26.6. The fourth-order valence-electron chi connectivity index (χ4n) is 4.93. The maximum atomic E-state index is 14.5. The first kappa shape index (κ1) is 32.5. The zero-order chi connectivity index (χ0) is 31.7. The van der Waals surface area contributed by atoms with Crippen molar-refractivity contribution in [1.29, 1.82) is 0 Å². The molecule has 0 aliphatic rings. The largest absolute Gasteiger partial charge is 0.350 e. The lowest BCUT2D eigenvalue weighted by atomic mass is 10.0. The number of anilines is 1. The number of rotatable bonds is 12. The summed E-state index contributed by atoms with van der Waals surface area (Å²) in [5.41, 5.74) is 2.59. The third-order valence-electron chi connectivity index (χ3n) is 7.21. The molecular formula is C36H41N3O4S. The van der Waals surface area contributed by atoms with Gasteiger partial charge in [-0.1, -0.05) is 97.9 Å². The van der Waals surface area contributed by atoms with Crippen LogP contribution in [0.5, 0.6) is 0 Å². The van der Waals surface area contributed by atoms with E-state index >= 15 is 0 Å². The van der Waals surface area contributed by atoms with Crippen molar-refractivity contribution in [2.45, 2.75) is 63.6 Å². The van der Waals surface area contributed by atoms with Crippen LogP contribution in [-0.2, 0) is 39.0 Å². The van der Waals surface area contributed by atoms with Crippen LogP contribution in [0.1, 0.15) is 44.4 Å². The summed E-state index contributed by atoms with van der Waals surface area (Å²) in [7, 11) is -4.12. The average molecular weight is 612 g/mol. The Morgan fingerprint density at radius 3 is 1.77 bits per heavy atom. The van der Waals surface area contributed by atoms with Crippen molar-refractivity contribution < 1.29 is 18.0 Å². The number of hydrogen-bond donors (Lipinski definition) is 1. The van der Waals surface area contributed by atoms with Gasteiger partial charge in [0.05, 0.1) is 10.6 Å². The lowest BCUT2D eigenvalue weighted by Crippen LogP contribution is -2.56. The molecule has 0 aromatic heterocycles. The predicted molar refractivity (Wildman–Crippen MR) is 176 cm³/mol. The molecule has 0 radical (unpaired) electrons. The molecular weight excluding hydrogens is 570 g/mol. The molecule has 0 fully saturated rings. The minimum atomic E-state index is -4.12. The molecule has 44 heavy (non-hydrogen) atoms. The molecule has 4 rings (SSSR count). The Kier molecular flexibility index (Phi) is 10.6. The van der Waals surface area contributed by atoms with Crippen molar-refractivity contribution in [3.8, 4) is 0 Å². The molecule has 0 aliphatic carbocycles. The highest BCUT2D eigenvalue weighted by Crippen LogP contribution is 2.26. The van der Waals surface area contributed by atoms with Gasteiger partial charge in [0.25, 0.3) is 10.0 Å². The van der Waals surface area contributed by atoms with Crippen molar-refractivity contribution in [3.05, 3.63) is 132 Å². The van der Waals surface area contributed by atoms with Gasteiger partial charge in [0.2, 0.25) is 11.8 Å². The van der Waals surface area contributed by atoms with Crippen molar-refractivity contribution in [3.63, 3.8) is 0 Å². The van der Waals surface area contributed by atoms with E-state index in [2.05, 4.69) is 5.32 Å². The molecule has 0 bridgehead atoms. The van der Waals surface area contributed by atoms with Crippen LogP contribution in [0.25, 0.3) is 0 Å². The van der Waals surface area contributed by atoms with Crippen molar-refractivity contribution in [2.75, 3.05) is 10.8 Å². The summed E-state index contributed by atoms with van der Waals surface area (Å²) in [6.45, 7) is 7.34. The Morgan fingerprint density at radius 2 is 1.25 bits per heavy atom. The Balaban J connectivity index is 1.79. The molecule has 0 saturated heterocycles. The van der Waals surface area contributed by atoms with Gasteiger partial charge in [-0.05, 0) is 68.1 Å². The van der Waals surface area contributed by atoms with Crippen LogP contribution in [-0.4, -0.2) is 43.3 Å². The van der Waals surface area contributed by atoms with Gasteiger partial charge in [-0.15, -0.1) is 0 Å². The molecule has 2 amide bonds. The quantitative estimate of drug-likeness (QED) is 0.213. The summed E-state index contributed by atoms with van der Waals surface area (Å²) < 4.78 is 29.3. The topological polar surface area (TPSA) is 86.8 Å². The van der Waals surface area contributed by atoms with Crippen LogP contribution >= 0.6 is 0 Å². The van der Waals surface area contributed by atoms with E-state index in [1.807, 2.05) is 100 Å². The molecule has 0 heterocycles. The van der Waals surface area contributed by atoms with Crippen LogP contribution in [0.2, 0.25) is 0 Å². The molecule has 1 atom stereocenters. The Hall–Kier alpha value is -4.43. The minimum Gasteiger partial charge on any atom is -0.350 e. The van der Waals surface area contributed by atoms with Crippen molar-refractivity contribution >= 4 is 27.5 Å². The number of nitrogens with zero attached hydrogens (tertiary/aromatic N) is 2. The van der Waals surface area contributed by atoms with E-state index in [1.165, 1.54) is 17.0 Å². The van der Waals surface area contributed by atoms with Gasteiger partial charge in [-0.3, -0.25) is 13.9 Å². The Bertz CT molecular complexity index is 1620. The maximum Gasteiger partial charge on any atom is 0.264 e. The van der Waals surface area contributed by atoms with Crippen LogP contribution < -0.4 is 9.62 Å². The third kappa shape index (κ3) is 8.57. The number of carbonyl (C=O) groups excluding carboxylic acids is 2. The number of aryl methyl sites for hydroxylation is 1. The number of nitrogens with one attached hydrogen (secondary N) is 1. The van der Waals surface area contributed by atoms with Crippen LogP contribution in [0.3, 0.4) is 0 Å². The van der Waals surface area contributed by atoms with E-state index in [-0.39, 0.29) is 23.8 Å². The smallest absolute Gasteiger partial charge is 0.264 e. The van der Waals surface area contributed by atoms with Crippen molar-refractivity contribution in [1.82, 2.24) is 10.2 Å². The summed E-state index contributed by atoms with van der Waals surface area (Å²) in [5.74, 6) is -0.798. The number of carbonyl (C=O) groups is 2. The lowest BCUT2D eigenvalue weighted by Gasteiger charge is -2.35. The molecule has 7 nitrogen and oxygen atoms in total. The van der Waals surface area contributed by atoms with Gasteiger partial charge in [0.1, 0.15) is 12.6 Å². The molecule has 1 N–H and O–H groups in total. The highest BCUT2D eigenvalue weighted by Gasteiger charge is 2.35. The van der Waals surface area contributed by atoms with E-state index in [1.54, 1.807) is 30.3 Å². The molecule has 0 aliphatic heterocycles. The van der Waals surface area contributed by atoms with Crippen LogP contribution in [0.15, 0.2) is 120 Å². The highest BCUT2D eigenvalue weighted by molar-refractivity contribution is 7.92. The molecule has 4 aromatic carbocycles. The molecule has 230 valence electrons. The SMILES string of the molecule is CCc1ccc(N(CC(=O)N(Cc2ccccc2)C(Cc2ccccc2)C(=O)NC(C)(C)C)S(=O)(=O)c2ccccc2)cc1. The van der Waals surface area contributed by atoms with Gasteiger partial charge in [0, 0.05) is 18.5 Å². The first-order chi connectivity index (χ1) is 21.0.